The molecule has 1 aromatic heterocycles. The summed E-state index contributed by atoms with van der Waals surface area (Å²) < 4.78 is 26.9. The van der Waals surface area contributed by atoms with Crippen molar-refractivity contribution in [2.75, 3.05) is 18.8 Å². The predicted octanol–water partition coefficient (Wildman–Crippen LogP) is 2.05. The Morgan fingerprint density at radius 2 is 1.81 bits per heavy atom. The Morgan fingerprint density at radius 1 is 1.29 bits per heavy atom. The van der Waals surface area contributed by atoms with Crippen LogP contribution in [0.4, 0.5) is 10.7 Å². The highest BCUT2D eigenvalue weighted by atomic mass is 32.2. The fourth-order valence-electron chi connectivity index (χ4n) is 2.22. The summed E-state index contributed by atoms with van der Waals surface area (Å²) in [7, 11) is -3.68. The van der Waals surface area contributed by atoms with Gasteiger partial charge in [0.15, 0.2) is 5.00 Å². The van der Waals surface area contributed by atoms with Crippen LogP contribution in [0.1, 0.15) is 25.7 Å². The largest absolute Gasteiger partial charge is 0.385 e. The van der Waals surface area contributed by atoms with Crippen molar-refractivity contribution in [3.8, 4) is 0 Å². The number of hydrogen-bond acceptors (Lipinski definition) is 6. The van der Waals surface area contributed by atoms with Crippen LogP contribution in [0.5, 0.6) is 0 Å². The second-order valence-corrected chi connectivity index (χ2v) is 9.03. The first-order chi connectivity index (χ1) is 9.88. The summed E-state index contributed by atoms with van der Waals surface area (Å²) in [5, 5.41) is 10.8. The van der Waals surface area contributed by atoms with Crippen molar-refractivity contribution >= 4 is 32.0 Å². The Kier molecular flexibility index (Phi) is 3.66. The number of sulfonamides is 1. The van der Waals surface area contributed by atoms with Gasteiger partial charge in [0.2, 0.25) is 0 Å². The summed E-state index contributed by atoms with van der Waals surface area (Å²) in [4.78, 5) is 10.2. The summed E-state index contributed by atoms with van der Waals surface area (Å²) in [6.07, 6.45) is 4.24. The van der Waals surface area contributed by atoms with E-state index in [0.29, 0.717) is 24.9 Å². The molecule has 0 spiro atoms. The van der Waals surface area contributed by atoms with E-state index in [9.17, 15) is 18.5 Å². The van der Waals surface area contributed by atoms with E-state index >= 15 is 0 Å². The normalized spacial score (nSPS) is 19.1. The fraction of sp³-hybridized carbons (Fsp3) is 0.667. The topological polar surface area (TPSA) is 107 Å². The van der Waals surface area contributed by atoms with Gasteiger partial charge < -0.3 is 5.73 Å². The van der Waals surface area contributed by atoms with Gasteiger partial charge in [0.1, 0.15) is 4.21 Å². The molecule has 0 aliphatic heterocycles. The zero-order chi connectivity index (χ0) is 15.2. The van der Waals surface area contributed by atoms with Crippen LogP contribution in [0.25, 0.3) is 0 Å². The average molecular weight is 331 g/mol. The van der Waals surface area contributed by atoms with Crippen molar-refractivity contribution < 1.29 is 13.3 Å². The van der Waals surface area contributed by atoms with Gasteiger partial charge in [0.05, 0.1) is 4.92 Å². The van der Waals surface area contributed by atoms with Gasteiger partial charge in [-0.1, -0.05) is 11.3 Å². The first-order valence-corrected chi connectivity index (χ1v) is 9.17. The van der Waals surface area contributed by atoms with Crippen LogP contribution < -0.4 is 5.73 Å². The minimum Gasteiger partial charge on any atom is -0.385 e. The third-order valence-electron chi connectivity index (χ3n) is 3.83. The number of nitrogens with two attached hydrogens (primary N) is 1. The van der Waals surface area contributed by atoms with Crippen molar-refractivity contribution in [3.05, 3.63) is 16.2 Å². The third-order valence-corrected chi connectivity index (χ3v) is 7.06. The molecule has 0 aromatic carbocycles. The Bertz CT molecular complexity index is 648. The van der Waals surface area contributed by atoms with E-state index in [-0.39, 0.29) is 14.9 Å². The maximum absolute atomic E-state index is 12.7. The molecule has 21 heavy (non-hydrogen) atoms. The number of anilines is 1. The lowest BCUT2D eigenvalue weighted by molar-refractivity contribution is -0.383. The second kappa shape index (κ2) is 5.22. The van der Waals surface area contributed by atoms with Crippen molar-refractivity contribution in [1.82, 2.24) is 4.31 Å². The van der Waals surface area contributed by atoms with E-state index < -0.39 is 14.9 Å². The summed E-state index contributed by atoms with van der Waals surface area (Å²) >= 11 is 0.779. The first kappa shape index (κ1) is 14.7. The molecule has 0 saturated heterocycles. The quantitative estimate of drug-likeness (QED) is 0.608. The molecule has 2 aliphatic carbocycles. The molecule has 1 aromatic rings. The monoisotopic (exact) mass is 331 g/mol. The van der Waals surface area contributed by atoms with Gasteiger partial charge in [0, 0.05) is 19.2 Å². The smallest absolute Gasteiger partial charge is 0.304 e. The van der Waals surface area contributed by atoms with Crippen molar-refractivity contribution in [3.63, 3.8) is 0 Å². The first-order valence-electron chi connectivity index (χ1n) is 6.92. The molecule has 9 heteroatoms. The van der Waals surface area contributed by atoms with Crippen LogP contribution >= 0.6 is 11.3 Å². The second-order valence-electron chi connectivity index (χ2n) is 5.78. The zero-order valence-corrected chi connectivity index (χ0v) is 13.0. The van der Waals surface area contributed by atoms with E-state index in [1.54, 1.807) is 0 Å². The number of nitrogens with zero attached hydrogens (tertiary/aromatic N) is 2. The molecular formula is C12H17N3O4S2. The van der Waals surface area contributed by atoms with Crippen LogP contribution in [0.2, 0.25) is 0 Å². The molecule has 0 radical (unpaired) electrons. The molecule has 7 nitrogen and oxygen atoms in total. The molecule has 2 aliphatic rings. The van der Waals surface area contributed by atoms with Crippen molar-refractivity contribution in [2.24, 2.45) is 11.8 Å². The van der Waals surface area contributed by atoms with Gasteiger partial charge in [0.25, 0.3) is 10.0 Å². The van der Waals surface area contributed by atoms with Gasteiger partial charge in [-0.15, -0.1) is 0 Å². The summed E-state index contributed by atoms with van der Waals surface area (Å²) in [6.45, 7) is 1.04. The third kappa shape index (κ3) is 3.19. The molecule has 0 bridgehead atoms. The Morgan fingerprint density at radius 3 is 2.19 bits per heavy atom. The van der Waals surface area contributed by atoms with E-state index in [1.807, 2.05) is 0 Å². The predicted molar refractivity (Wildman–Crippen MR) is 79.6 cm³/mol. The molecule has 0 atom stereocenters. The van der Waals surface area contributed by atoms with Crippen LogP contribution in [-0.2, 0) is 10.0 Å². The Balaban J connectivity index is 1.88. The Hall–Kier alpha value is -1.19. The molecule has 0 amide bonds. The summed E-state index contributed by atoms with van der Waals surface area (Å²) in [5.74, 6) is 0.872. The van der Waals surface area contributed by atoms with E-state index in [1.165, 1.54) is 4.31 Å². The zero-order valence-electron chi connectivity index (χ0n) is 11.4. The van der Waals surface area contributed by atoms with Crippen molar-refractivity contribution in [1.29, 1.82) is 0 Å². The van der Waals surface area contributed by atoms with E-state index in [4.69, 9.17) is 5.73 Å². The van der Waals surface area contributed by atoms with Crippen LogP contribution in [0.15, 0.2) is 10.3 Å². The van der Waals surface area contributed by atoms with Crippen molar-refractivity contribution in [2.45, 2.75) is 29.9 Å². The van der Waals surface area contributed by atoms with Gasteiger partial charge in [-0.2, -0.15) is 4.31 Å². The molecule has 2 saturated carbocycles. The number of nitrogen functional groups attached to an aromatic ring is 1. The SMILES string of the molecule is Nc1sc(S(=O)(=O)N(CC2CC2)CC2CC2)cc1[N+](=O)[O-]. The minimum atomic E-state index is -3.68. The van der Waals surface area contributed by atoms with Gasteiger partial charge >= 0.3 is 5.69 Å². The number of nitro groups is 1. The van der Waals surface area contributed by atoms with Gasteiger partial charge in [-0.3, -0.25) is 10.1 Å². The van der Waals surface area contributed by atoms with E-state index in [2.05, 4.69) is 0 Å². The maximum Gasteiger partial charge on any atom is 0.304 e. The molecule has 3 rings (SSSR count). The minimum absolute atomic E-state index is 0.0204. The highest BCUT2D eigenvalue weighted by Crippen LogP contribution is 2.39. The molecule has 2 fully saturated rings. The maximum atomic E-state index is 12.7. The van der Waals surface area contributed by atoms with Gasteiger partial charge in [-0.25, -0.2) is 8.42 Å². The standard InChI is InChI=1S/C12H17N3O4S2/c13-12-10(15(16)17)5-11(20-12)21(18,19)14(6-8-1-2-8)7-9-3-4-9/h5,8-9H,1-4,6-7,13H2. The molecule has 116 valence electrons. The highest BCUT2D eigenvalue weighted by molar-refractivity contribution is 7.91. The molecule has 1 heterocycles. The molecule has 2 N–H and O–H groups in total. The Labute approximate surface area is 126 Å². The summed E-state index contributed by atoms with van der Waals surface area (Å²) in [5.41, 5.74) is 5.24. The fourth-order valence-corrected chi connectivity index (χ4v) is 5.18. The number of hydrogen-bond donors (Lipinski definition) is 1. The molecular weight excluding hydrogens is 314 g/mol. The van der Waals surface area contributed by atoms with Gasteiger partial charge in [-0.05, 0) is 37.5 Å². The molecule has 0 unspecified atom stereocenters. The van der Waals surface area contributed by atoms with Crippen LogP contribution in [0.3, 0.4) is 0 Å². The van der Waals surface area contributed by atoms with Crippen LogP contribution in [0, 0.1) is 22.0 Å². The number of thiophene rings is 1. The summed E-state index contributed by atoms with van der Waals surface area (Å²) in [6, 6.07) is 1.09. The highest BCUT2D eigenvalue weighted by Gasteiger charge is 2.37. The van der Waals surface area contributed by atoms with E-state index in [0.717, 1.165) is 43.1 Å². The average Bonchev–Trinajstić information content (AvgIpc) is 3.30. The number of rotatable bonds is 7. The lowest BCUT2D eigenvalue weighted by Crippen LogP contribution is -2.34. The lowest BCUT2D eigenvalue weighted by Gasteiger charge is -2.20. The lowest BCUT2D eigenvalue weighted by atomic mass is 10.4. The van der Waals surface area contributed by atoms with Crippen LogP contribution in [-0.4, -0.2) is 30.7 Å².